The monoisotopic (exact) mass is 487 g/mol. The molecule has 0 bridgehead atoms. The Balaban J connectivity index is 1.43. The molecule has 9 nitrogen and oxygen atoms in total. The van der Waals surface area contributed by atoms with E-state index in [4.69, 9.17) is 4.74 Å². The number of sulfonamides is 2. The van der Waals surface area contributed by atoms with Crippen molar-refractivity contribution in [1.82, 2.24) is 13.9 Å². The smallest absolute Gasteiger partial charge is 0.244 e. The van der Waals surface area contributed by atoms with Crippen molar-refractivity contribution in [3.63, 3.8) is 0 Å². The third-order valence-electron chi connectivity index (χ3n) is 5.76. The normalized spacial score (nSPS) is 27.7. The van der Waals surface area contributed by atoms with Crippen molar-refractivity contribution >= 4 is 37.7 Å². The van der Waals surface area contributed by atoms with Crippen LogP contribution < -0.4 is 5.32 Å². The van der Waals surface area contributed by atoms with Crippen molar-refractivity contribution in [2.75, 3.05) is 39.4 Å². The molecule has 12 heteroatoms. The Morgan fingerprint density at radius 1 is 1.03 bits per heavy atom. The van der Waals surface area contributed by atoms with Gasteiger partial charge >= 0.3 is 0 Å². The standard InChI is InChI=1S/C19H25N3O6S3/c1-2-18(23)20-19-11-14-12-22(13-17(14)29-19)31(26,27)16-5-3-15(4-6-16)30(24,25)21-7-9-28-10-8-21/h2-6,14,17,19H,1,7-13H2,(H,20,23). The number of nitrogens with zero attached hydrogens (tertiary/aromatic N) is 2. The minimum atomic E-state index is -3.72. The Morgan fingerprint density at radius 2 is 1.61 bits per heavy atom. The molecule has 0 aliphatic carbocycles. The quantitative estimate of drug-likeness (QED) is 0.580. The molecule has 31 heavy (non-hydrogen) atoms. The Bertz CT molecular complexity index is 1040. The molecule has 3 saturated heterocycles. The van der Waals surface area contributed by atoms with Crippen LogP contribution in [0.4, 0.5) is 0 Å². The number of amides is 1. The van der Waals surface area contributed by atoms with Crippen molar-refractivity contribution < 1.29 is 26.4 Å². The number of hydrogen-bond donors (Lipinski definition) is 1. The van der Waals surface area contributed by atoms with Crippen molar-refractivity contribution in [3.05, 3.63) is 36.9 Å². The Morgan fingerprint density at radius 3 is 2.16 bits per heavy atom. The average Bonchev–Trinajstić information content (AvgIpc) is 3.33. The lowest BCUT2D eigenvalue weighted by Gasteiger charge is -2.26. The van der Waals surface area contributed by atoms with E-state index in [1.165, 1.54) is 39.0 Å². The fraction of sp³-hybridized carbons (Fsp3) is 0.526. The first-order valence-corrected chi connectivity index (χ1v) is 13.8. The van der Waals surface area contributed by atoms with E-state index in [0.29, 0.717) is 32.7 Å². The SMILES string of the molecule is C=CC(=O)NC1CC2CN(S(=O)(=O)c3ccc(S(=O)(=O)N4CCOCC4)cc3)CC2S1. The number of hydrogen-bond acceptors (Lipinski definition) is 7. The molecule has 1 N–H and O–H groups in total. The second-order valence-electron chi connectivity index (χ2n) is 7.68. The third kappa shape index (κ3) is 4.55. The highest BCUT2D eigenvalue weighted by atomic mass is 32.2. The van der Waals surface area contributed by atoms with Gasteiger partial charge in [-0.3, -0.25) is 4.79 Å². The molecule has 3 aliphatic rings. The summed E-state index contributed by atoms with van der Waals surface area (Å²) in [5.41, 5.74) is 0. The molecule has 0 radical (unpaired) electrons. The second-order valence-corrected chi connectivity index (χ2v) is 13.0. The third-order valence-corrected chi connectivity index (χ3v) is 11.0. The van der Waals surface area contributed by atoms with Crippen LogP contribution in [0.1, 0.15) is 6.42 Å². The van der Waals surface area contributed by atoms with Crippen LogP contribution in [0.15, 0.2) is 46.7 Å². The number of nitrogens with one attached hydrogen (secondary N) is 1. The van der Waals surface area contributed by atoms with Crippen LogP contribution in [-0.4, -0.2) is 81.4 Å². The van der Waals surface area contributed by atoms with Crippen molar-refractivity contribution in [3.8, 4) is 0 Å². The highest BCUT2D eigenvalue weighted by Gasteiger charge is 2.45. The fourth-order valence-corrected chi connectivity index (χ4v) is 8.78. The molecule has 3 aliphatic heterocycles. The number of carbonyl (C=O) groups excluding carboxylic acids is 1. The Kier molecular flexibility index (Phi) is 6.48. The van der Waals surface area contributed by atoms with Gasteiger partial charge in [0.2, 0.25) is 26.0 Å². The lowest BCUT2D eigenvalue weighted by Crippen LogP contribution is -2.40. The minimum absolute atomic E-state index is 0.0324. The van der Waals surface area contributed by atoms with Gasteiger partial charge in [0.25, 0.3) is 0 Å². The highest BCUT2D eigenvalue weighted by molar-refractivity contribution is 8.00. The zero-order chi connectivity index (χ0) is 22.2. The topological polar surface area (TPSA) is 113 Å². The maximum Gasteiger partial charge on any atom is 0.244 e. The molecule has 3 atom stereocenters. The maximum absolute atomic E-state index is 13.1. The first-order valence-electron chi connectivity index (χ1n) is 9.98. The van der Waals surface area contributed by atoms with Gasteiger partial charge < -0.3 is 10.1 Å². The molecule has 170 valence electrons. The Labute approximate surface area is 186 Å². The molecule has 0 saturated carbocycles. The molecular formula is C19H25N3O6S3. The van der Waals surface area contributed by atoms with E-state index in [1.54, 1.807) is 11.8 Å². The first-order chi connectivity index (χ1) is 14.7. The average molecular weight is 488 g/mol. The fourth-order valence-electron chi connectivity index (χ4n) is 4.10. The summed E-state index contributed by atoms with van der Waals surface area (Å²) in [4.78, 5) is 11.6. The largest absolute Gasteiger partial charge is 0.379 e. The summed E-state index contributed by atoms with van der Waals surface area (Å²) < 4.78 is 59.7. The highest BCUT2D eigenvalue weighted by Crippen LogP contribution is 2.43. The lowest BCUT2D eigenvalue weighted by atomic mass is 10.1. The second kappa shape index (κ2) is 8.83. The summed E-state index contributed by atoms with van der Waals surface area (Å²) >= 11 is 1.58. The van der Waals surface area contributed by atoms with Gasteiger partial charge in [-0.15, -0.1) is 11.8 Å². The molecular weight excluding hydrogens is 462 g/mol. The lowest BCUT2D eigenvalue weighted by molar-refractivity contribution is -0.116. The molecule has 3 heterocycles. The summed E-state index contributed by atoms with van der Waals surface area (Å²) in [6.45, 7) is 5.45. The number of morpholine rings is 1. The van der Waals surface area contributed by atoms with Gasteiger partial charge in [-0.05, 0) is 42.7 Å². The zero-order valence-electron chi connectivity index (χ0n) is 16.8. The van der Waals surface area contributed by atoms with Crippen LogP contribution in [0.25, 0.3) is 0 Å². The molecule has 3 fully saturated rings. The maximum atomic E-state index is 13.1. The van der Waals surface area contributed by atoms with Crippen LogP contribution in [-0.2, 0) is 29.6 Å². The van der Waals surface area contributed by atoms with Crippen molar-refractivity contribution in [1.29, 1.82) is 0 Å². The van der Waals surface area contributed by atoms with E-state index in [9.17, 15) is 21.6 Å². The van der Waals surface area contributed by atoms with Crippen molar-refractivity contribution in [2.45, 2.75) is 26.8 Å². The van der Waals surface area contributed by atoms with E-state index in [-0.39, 0.29) is 45.3 Å². The van der Waals surface area contributed by atoms with E-state index >= 15 is 0 Å². The summed E-state index contributed by atoms with van der Waals surface area (Å²) in [6.07, 6.45) is 1.94. The van der Waals surface area contributed by atoms with Gasteiger partial charge in [0, 0.05) is 31.4 Å². The summed E-state index contributed by atoms with van der Waals surface area (Å²) in [6, 6.07) is 5.42. The zero-order valence-corrected chi connectivity index (χ0v) is 19.3. The number of carbonyl (C=O) groups is 1. The molecule has 3 unspecified atom stereocenters. The van der Waals surface area contributed by atoms with E-state index in [2.05, 4.69) is 11.9 Å². The number of thioether (sulfide) groups is 1. The van der Waals surface area contributed by atoms with Crippen molar-refractivity contribution in [2.24, 2.45) is 5.92 Å². The predicted molar refractivity (Wildman–Crippen MR) is 116 cm³/mol. The summed E-state index contributed by atoms with van der Waals surface area (Å²) in [5, 5.41) is 2.94. The summed E-state index contributed by atoms with van der Waals surface area (Å²) in [5.74, 6) is -0.0649. The van der Waals surface area contributed by atoms with Gasteiger partial charge in [-0.1, -0.05) is 6.58 Å². The van der Waals surface area contributed by atoms with Gasteiger partial charge in [0.1, 0.15) is 0 Å². The number of rotatable bonds is 6. The molecule has 0 spiro atoms. The van der Waals surface area contributed by atoms with Gasteiger partial charge in [-0.25, -0.2) is 16.8 Å². The van der Waals surface area contributed by atoms with E-state index in [1.807, 2.05) is 0 Å². The van der Waals surface area contributed by atoms with Gasteiger partial charge in [0.05, 0.1) is 28.4 Å². The van der Waals surface area contributed by atoms with Crippen LogP contribution in [0.3, 0.4) is 0 Å². The first kappa shape index (κ1) is 22.7. The van der Waals surface area contributed by atoms with Gasteiger partial charge in [0.15, 0.2) is 0 Å². The van der Waals surface area contributed by atoms with Crippen LogP contribution in [0.5, 0.6) is 0 Å². The van der Waals surface area contributed by atoms with Crippen LogP contribution in [0.2, 0.25) is 0 Å². The molecule has 1 aromatic rings. The minimum Gasteiger partial charge on any atom is -0.379 e. The molecule has 4 rings (SSSR count). The number of ether oxygens (including phenoxy) is 1. The molecule has 1 amide bonds. The van der Waals surface area contributed by atoms with E-state index < -0.39 is 20.0 Å². The number of benzene rings is 1. The predicted octanol–water partition coefficient (Wildman–Crippen LogP) is 0.462. The van der Waals surface area contributed by atoms with Gasteiger partial charge in [-0.2, -0.15) is 8.61 Å². The Hall–Kier alpha value is -1.44. The molecule has 0 aromatic heterocycles. The van der Waals surface area contributed by atoms with Crippen LogP contribution >= 0.6 is 11.8 Å². The van der Waals surface area contributed by atoms with Crippen LogP contribution in [0, 0.1) is 5.92 Å². The summed E-state index contributed by atoms with van der Waals surface area (Å²) in [7, 11) is -7.40. The molecule has 1 aromatic carbocycles. The van der Waals surface area contributed by atoms with E-state index in [0.717, 1.165) is 0 Å². The number of fused-ring (bicyclic) bond motifs is 1.